The number of nitrogens with one attached hydrogen (secondary N) is 2. The van der Waals surface area contributed by atoms with Crippen molar-refractivity contribution in [2.75, 3.05) is 0 Å². The maximum absolute atomic E-state index is 4.79. The van der Waals surface area contributed by atoms with Gasteiger partial charge in [0.05, 0.1) is 0 Å². The van der Waals surface area contributed by atoms with Gasteiger partial charge >= 0.3 is 0 Å². The Kier molecular flexibility index (Phi) is 5.13. The van der Waals surface area contributed by atoms with Crippen molar-refractivity contribution in [2.24, 2.45) is 0 Å². The third kappa shape index (κ3) is 3.74. The van der Waals surface area contributed by atoms with Crippen molar-refractivity contribution >= 4 is 22.1 Å². The molecule has 3 heteroatoms. The van der Waals surface area contributed by atoms with Crippen LogP contribution < -0.4 is 0 Å². The monoisotopic (exact) mass is 437 g/mol. The SMILES string of the molecule is c1ccc(-c2cncc(-c3ccccc3)c3ccc([nH]3)c(-c3ccccc3)c3ccc2[nH]3)cc1. The number of nitrogens with zero attached hydrogens (tertiary/aromatic N) is 1. The van der Waals surface area contributed by atoms with Crippen LogP contribution in [0.3, 0.4) is 0 Å². The Hall–Kier alpha value is -4.63. The summed E-state index contributed by atoms with van der Waals surface area (Å²) in [6.45, 7) is 0. The molecule has 0 atom stereocenters. The fourth-order valence-corrected chi connectivity index (χ4v) is 4.48. The highest BCUT2D eigenvalue weighted by atomic mass is 14.7. The van der Waals surface area contributed by atoms with Gasteiger partial charge in [-0.15, -0.1) is 0 Å². The van der Waals surface area contributed by atoms with Crippen LogP contribution in [0.2, 0.25) is 0 Å². The van der Waals surface area contributed by atoms with Crippen molar-refractivity contribution in [3.63, 3.8) is 0 Å². The van der Waals surface area contributed by atoms with Gasteiger partial charge in [0, 0.05) is 51.2 Å². The molecule has 3 aromatic heterocycles. The lowest BCUT2D eigenvalue weighted by Crippen LogP contribution is -1.83. The van der Waals surface area contributed by atoms with Gasteiger partial charge in [0.15, 0.2) is 0 Å². The van der Waals surface area contributed by atoms with Crippen LogP contribution in [-0.2, 0) is 0 Å². The average molecular weight is 438 g/mol. The number of hydrogen-bond donors (Lipinski definition) is 2. The Balaban J connectivity index is 1.75. The first-order valence-electron chi connectivity index (χ1n) is 11.4. The molecule has 0 aliphatic carbocycles. The fraction of sp³-hybridized carbons (Fsp3) is 0. The fourth-order valence-electron chi connectivity index (χ4n) is 4.48. The number of rotatable bonds is 3. The summed E-state index contributed by atoms with van der Waals surface area (Å²) in [6, 6.07) is 39.9. The van der Waals surface area contributed by atoms with E-state index in [2.05, 4.69) is 107 Å². The van der Waals surface area contributed by atoms with E-state index in [0.717, 1.165) is 55.4 Å². The Morgan fingerprint density at radius 3 is 1.21 bits per heavy atom. The first-order valence-corrected chi connectivity index (χ1v) is 11.4. The largest absolute Gasteiger partial charge is 0.354 e. The molecule has 0 unspecified atom stereocenters. The lowest BCUT2D eigenvalue weighted by atomic mass is 10.1. The van der Waals surface area contributed by atoms with Crippen molar-refractivity contribution < 1.29 is 0 Å². The topological polar surface area (TPSA) is 44.5 Å². The number of H-pyrrole nitrogens is 2. The quantitative estimate of drug-likeness (QED) is 0.288. The molecule has 0 aliphatic heterocycles. The van der Waals surface area contributed by atoms with Crippen LogP contribution in [-0.4, -0.2) is 15.0 Å². The van der Waals surface area contributed by atoms with E-state index in [1.165, 1.54) is 0 Å². The Morgan fingerprint density at radius 1 is 0.382 bits per heavy atom. The normalized spacial score (nSPS) is 10.9. The average Bonchev–Trinajstić information content (AvgIpc) is 3.57. The first-order chi connectivity index (χ1) is 16.9. The van der Waals surface area contributed by atoms with Crippen LogP contribution in [0.15, 0.2) is 128 Å². The van der Waals surface area contributed by atoms with Crippen LogP contribution in [0.4, 0.5) is 0 Å². The van der Waals surface area contributed by atoms with Crippen molar-refractivity contribution in [1.29, 1.82) is 0 Å². The van der Waals surface area contributed by atoms with E-state index >= 15 is 0 Å². The Morgan fingerprint density at radius 2 is 0.765 bits per heavy atom. The molecule has 0 amide bonds. The number of aromatic amines is 2. The minimum atomic E-state index is 1.03. The minimum Gasteiger partial charge on any atom is -0.354 e. The van der Waals surface area contributed by atoms with Crippen LogP contribution >= 0.6 is 0 Å². The van der Waals surface area contributed by atoms with Gasteiger partial charge in [0.25, 0.3) is 0 Å². The Bertz CT molecular complexity index is 1530. The van der Waals surface area contributed by atoms with Crippen molar-refractivity contribution in [3.05, 3.63) is 128 Å². The smallest absolute Gasteiger partial charge is 0.0485 e. The molecule has 3 aromatic carbocycles. The van der Waals surface area contributed by atoms with Gasteiger partial charge in [-0.3, -0.25) is 4.98 Å². The summed E-state index contributed by atoms with van der Waals surface area (Å²) in [7, 11) is 0. The van der Waals surface area contributed by atoms with Crippen LogP contribution in [0.5, 0.6) is 0 Å². The summed E-state index contributed by atoms with van der Waals surface area (Å²) in [6.07, 6.45) is 3.89. The van der Waals surface area contributed by atoms with Crippen LogP contribution in [0.1, 0.15) is 0 Å². The highest BCUT2D eigenvalue weighted by Crippen LogP contribution is 2.32. The molecule has 4 bridgehead atoms. The molecule has 34 heavy (non-hydrogen) atoms. The maximum Gasteiger partial charge on any atom is 0.0485 e. The molecule has 0 fully saturated rings. The summed E-state index contributed by atoms with van der Waals surface area (Å²) in [5, 5.41) is 0. The highest BCUT2D eigenvalue weighted by molar-refractivity contribution is 5.96. The van der Waals surface area contributed by atoms with E-state index in [4.69, 9.17) is 4.98 Å². The van der Waals surface area contributed by atoms with Crippen molar-refractivity contribution in [2.45, 2.75) is 0 Å². The zero-order valence-electron chi connectivity index (χ0n) is 18.6. The molecule has 2 N–H and O–H groups in total. The Labute approximate surface area is 198 Å². The highest BCUT2D eigenvalue weighted by Gasteiger charge is 2.09. The van der Waals surface area contributed by atoms with Crippen molar-refractivity contribution in [1.82, 2.24) is 15.0 Å². The molecular weight excluding hydrogens is 414 g/mol. The minimum absolute atomic E-state index is 1.03. The molecule has 162 valence electrons. The number of benzene rings is 3. The second kappa shape index (κ2) is 8.72. The van der Waals surface area contributed by atoms with Gasteiger partial charge in [-0.2, -0.15) is 0 Å². The van der Waals surface area contributed by atoms with E-state index in [-0.39, 0.29) is 0 Å². The molecule has 0 aliphatic rings. The van der Waals surface area contributed by atoms with Gasteiger partial charge in [0.1, 0.15) is 0 Å². The van der Waals surface area contributed by atoms with Crippen molar-refractivity contribution in [3.8, 4) is 33.4 Å². The standard InChI is InChI=1S/C31H23N3/c1-4-10-22(11-5-1)25-20-32-21-26(23-12-6-2-7-13-23)28-17-19-30(34-28)31(24-14-8-3-9-15-24)29-18-16-27(25)33-29/h1-21,33-34H. The molecule has 0 saturated carbocycles. The third-order valence-electron chi connectivity index (χ3n) is 6.13. The van der Waals surface area contributed by atoms with Gasteiger partial charge in [-0.25, -0.2) is 0 Å². The van der Waals surface area contributed by atoms with Crippen LogP contribution in [0.25, 0.3) is 55.4 Å². The van der Waals surface area contributed by atoms with E-state index in [1.807, 2.05) is 30.6 Å². The summed E-state index contributed by atoms with van der Waals surface area (Å²) in [5.74, 6) is 0. The zero-order chi connectivity index (χ0) is 22.7. The number of aromatic nitrogens is 3. The van der Waals surface area contributed by atoms with Gasteiger partial charge < -0.3 is 9.97 Å². The van der Waals surface area contributed by atoms with E-state index < -0.39 is 0 Å². The predicted molar refractivity (Wildman–Crippen MR) is 142 cm³/mol. The van der Waals surface area contributed by atoms with Gasteiger partial charge in [-0.1, -0.05) is 91.0 Å². The summed E-state index contributed by atoms with van der Waals surface area (Å²) in [4.78, 5) is 12.1. The molecule has 0 radical (unpaired) electrons. The van der Waals surface area contributed by atoms with E-state index in [1.54, 1.807) is 0 Å². The lowest BCUT2D eigenvalue weighted by Gasteiger charge is -2.04. The molecule has 0 spiro atoms. The molecule has 3 nitrogen and oxygen atoms in total. The second-order valence-corrected chi connectivity index (χ2v) is 8.28. The second-order valence-electron chi connectivity index (χ2n) is 8.28. The zero-order valence-corrected chi connectivity index (χ0v) is 18.6. The molecule has 0 saturated heterocycles. The summed E-state index contributed by atoms with van der Waals surface area (Å²) < 4.78 is 0. The lowest BCUT2D eigenvalue weighted by molar-refractivity contribution is 1.35. The number of fused-ring (bicyclic) bond motifs is 4. The summed E-state index contributed by atoms with van der Waals surface area (Å²) >= 11 is 0. The van der Waals surface area contributed by atoms with Crippen LogP contribution in [0, 0.1) is 0 Å². The molecular formula is C31H23N3. The third-order valence-corrected chi connectivity index (χ3v) is 6.13. The molecule has 3 heterocycles. The number of hydrogen-bond acceptors (Lipinski definition) is 1. The predicted octanol–water partition coefficient (Wildman–Crippen LogP) is 8.17. The maximum atomic E-state index is 4.79. The van der Waals surface area contributed by atoms with E-state index in [9.17, 15) is 0 Å². The summed E-state index contributed by atoms with van der Waals surface area (Å²) in [5.41, 5.74) is 10.8. The van der Waals surface area contributed by atoms with E-state index in [0.29, 0.717) is 0 Å². The van der Waals surface area contributed by atoms with Gasteiger partial charge in [-0.05, 0) is 41.0 Å². The molecule has 6 rings (SSSR count). The van der Waals surface area contributed by atoms with Gasteiger partial charge in [0.2, 0.25) is 0 Å². The molecule has 6 aromatic rings. The first kappa shape index (κ1) is 20.0.